The monoisotopic (exact) mass is 1000 g/mol. The van der Waals surface area contributed by atoms with E-state index in [0.29, 0.717) is 11.4 Å². The van der Waals surface area contributed by atoms with Crippen molar-refractivity contribution in [3.63, 3.8) is 0 Å². The second-order valence-electron chi connectivity index (χ2n) is 14.9. The van der Waals surface area contributed by atoms with Gasteiger partial charge in [-0.25, -0.2) is 0 Å². The number of rotatable bonds is 20. The molecule has 0 saturated heterocycles. The van der Waals surface area contributed by atoms with Gasteiger partial charge in [-0.1, -0.05) is 47.5 Å². The standard InChI is InChI=1S/C48H46Cl4N8O8/c1-7-67-41-23-40(56-48(66)44(28(6)62)60-58-34-18-20-38(52)36(22-34)46(64)54-32-15-11-30(12-16-32)26(4)50)42(68-8-2)24-39(41)55-47(65)43(27(5)61)59-57-33-17-19-37(51)35(21-33)45(63)53-31-13-9-29(10-14-31)25(3)49/h9-26,43-44H,7-8H2,1-6H3,(H,53,63)(H,54,64)(H,55,65)(H,56,66). The number of carbonyl (C=O) groups excluding carboxylic acids is 6. The van der Waals surface area contributed by atoms with Gasteiger partial charge >= 0.3 is 0 Å². The van der Waals surface area contributed by atoms with Gasteiger partial charge in [0.15, 0.2) is 11.6 Å². The summed E-state index contributed by atoms with van der Waals surface area (Å²) in [5, 5.41) is 26.8. The smallest absolute Gasteiger partial charge is 0.258 e. The van der Waals surface area contributed by atoms with Gasteiger partial charge in [0.2, 0.25) is 12.1 Å². The molecule has 16 nitrogen and oxygen atoms in total. The highest BCUT2D eigenvalue weighted by Crippen LogP contribution is 2.38. The van der Waals surface area contributed by atoms with E-state index in [1.165, 1.54) is 48.5 Å². The largest absolute Gasteiger partial charge is 0.492 e. The van der Waals surface area contributed by atoms with Crippen LogP contribution in [-0.4, -0.2) is 60.5 Å². The van der Waals surface area contributed by atoms with Crippen molar-refractivity contribution in [2.24, 2.45) is 20.5 Å². The van der Waals surface area contributed by atoms with E-state index in [1.807, 2.05) is 13.8 Å². The van der Waals surface area contributed by atoms with Crippen LogP contribution in [0.15, 0.2) is 118 Å². The molecule has 4 unspecified atom stereocenters. The summed E-state index contributed by atoms with van der Waals surface area (Å²) >= 11 is 25.0. The summed E-state index contributed by atoms with van der Waals surface area (Å²) in [4.78, 5) is 79.2. The molecule has 68 heavy (non-hydrogen) atoms. The molecule has 20 heteroatoms. The number of Topliss-reactive ketones (excluding diaryl/α,β-unsaturated/α-hetero) is 2. The SMILES string of the molecule is CCOc1cc(NC(=O)C(N=Nc2ccc(Cl)c(C(=O)Nc3ccc(C(C)Cl)cc3)c2)C(C)=O)c(OCC)cc1NC(=O)C(N=Nc1ccc(Cl)c(C(=O)Nc2ccc(C(C)Cl)cc2)c1)C(C)=O. The fourth-order valence-electron chi connectivity index (χ4n) is 6.15. The number of azo groups is 2. The highest BCUT2D eigenvalue weighted by Gasteiger charge is 2.28. The van der Waals surface area contributed by atoms with Crippen LogP contribution in [0.3, 0.4) is 0 Å². The first-order valence-corrected chi connectivity index (χ1v) is 22.6. The number of alkyl halides is 2. The Morgan fingerprint density at radius 3 is 1.19 bits per heavy atom. The summed E-state index contributed by atoms with van der Waals surface area (Å²) in [7, 11) is 0. The van der Waals surface area contributed by atoms with Gasteiger partial charge in [0, 0.05) is 23.5 Å². The van der Waals surface area contributed by atoms with E-state index in [0.717, 1.165) is 25.0 Å². The topological polar surface area (TPSA) is 218 Å². The first kappa shape index (κ1) is 52.3. The van der Waals surface area contributed by atoms with Crippen molar-refractivity contribution in [3.8, 4) is 11.5 Å². The molecule has 5 rings (SSSR count). The van der Waals surface area contributed by atoms with E-state index >= 15 is 0 Å². The van der Waals surface area contributed by atoms with Crippen molar-refractivity contribution in [3.05, 3.63) is 129 Å². The van der Waals surface area contributed by atoms with Crippen LogP contribution in [0.5, 0.6) is 11.5 Å². The summed E-state index contributed by atoms with van der Waals surface area (Å²) in [6.07, 6.45) is 0. The molecule has 0 saturated carbocycles. The Morgan fingerprint density at radius 2 is 0.882 bits per heavy atom. The Balaban J connectivity index is 1.32. The van der Waals surface area contributed by atoms with Crippen molar-refractivity contribution >= 4 is 116 Å². The molecule has 4 amide bonds. The van der Waals surface area contributed by atoms with Gasteiger partial charge in [-0.2, -0.15) is 20.5 Å². The molecule has 4 N–H and O–H groups in total. The van der Waals surface area contributed by atoms with E-state index in [2.05, 4.69) is 41.7 Å². The molecule has 354 valence electrons. The number of ketones is 2. The third kappa shape index (κ3) is 14.2. The van der Waals surface area contributed by atoms with Crippen LogP contribution >= 0.6 is 46.4 Å². The normalized spacial score (nSPS) is 13.0. The molecule has 0 heterocycles. The lowest BCUT2D eigenvalue weighted by Gasteiger charge is -2.19. The molecule has 0 aromatic heterocycles. The maximum atomic E-state index is 13.7. The summed E-state index contributed by atoms with van der Waals surface area (Å²) < 4.78 is 11.6. The fraction of sp³-hybridized carbons (Fsp3) is 0.250. The summed E-state index contributed by atoms with van der Waals surface area (Å²) in [6, 6.07) is 21.9. The van der Waals surface area contributed by atoms with Gasteiger partial charge in [0.25, 0.3) is 23.6 Å². The molecule has 0 aliphatic carbocycles. The number of hydrogen-bond acceptors (Lipinski definition) is 12. The average molecular weight is 1000 g/mol. The van der Waals surface area contributed by atoms with Crippen LogP contribution in [0.2, 0.25) is 10.0 Å². The lowest BCUT2D eigenvalue weighted by atomic mass is 10.1. The predicted octanol–water partition coefficient (Wildman–Crippen LogP) is 12.3. The van der Waals surface area contributed by atoms with Gasteiger partial charge in [-0.3, -0.25) is 28.8 Å². The molecule has 0 aliphatic heterocycles. The Morgan fingerprint density at radius 1 is 0.529 bits per heavy atom. The molecule has 5 aromatic rings. The lowest BCUT2D eigenvalue weighted by molar-refractivity contribution is -0.127. The van der Waals surface area contributed by atoms with Crippen LogP contribution in [0.25, 0.3) is 0 Å². The lowest BCUT2D eigenvalue weighted by Crippen LogP contribution is -2.32. The summed E-state index contributed by atoms with van der Waals surface area (Å²) in [6.45, 7) is 9.55. The van der Waals surface area contributed by atoms with E-state index in [4.69, 9.17) is 55.9 Å². The van der Waals surface area contributed by atoms with Crippen LogP contribution < -0.4 is 30.7 Å². The minimum absolute atomic E-state index is 0.0472. The molecular weight excluding hydrogens is 958 g/mol. The zero-order valence-electron chi connectivity index (χ0n) is 37.5. The Labute approximate surface area is 412 Å². The van der Waals surface area contributed by atoms with E-state index in [1.54, 1.807) is 62.4 Å². The number of anilines is 4. The number of ether oxygens (including phenoxy) is 2. The van der Waals surface area contributed by atoms with Gasteiger partial charge in [0.1, 0.15) is 11.5 Å². The van der Waals surface area contributed by atoms with Crippen LogP contribution in [0.4, 0.5) is 34.1 Å². The maximum absolute atomic E-state index is 13.7. The third-order valence-electron chi connectivity index (χ3n) is 9.69. The summed E-state index contributed by atoms with van der Waals surface area (Å²) in [5.41, 5.74) is 3.22. The molecule has 0 fully saturated rings. The predicted molar refractivity (Wildman–Crippen MR) is 264 cm³/mol. The molecule has 5 aromatic carbocycles. The van der Waals surface area contributed by atoms with Crippen molar-refractivity contribution in [2.75, 3.05) is 34.5 Å². The molecule has 0 aliphatic rings. The highest BCUT2D eigenvalue weighted by molar-refractivity contribution is 6.35. The number of amides is 4. The number of benzene rings is 5. The van der Waals surface area contributed by atoms with Crippen LogP contribution in [0, 0.1) is 0 Å². The van der Waals surface area contributed by atoms with Gasteiger partial charge in [-0.15, -0.1) is 23.2 Å². The van der Waals surface area contributed by atoms with E-state index in [-0.39, 0.29) is 79.4 Å². The zero-order valence-corrected chi connectivity index (χ0v) is 40.6. The van der Waals surface area contributed by atoms with Gasteiger partial charge in [-0.05, 0) is 113 Å². The second kappa shape index (κ2) is 24.3. The first-order chi connectivity index (χ1) is 32.4. The Hall–Kier alpha value is -6.72. The first-order valence-electron chi connectivity index (χ1n) is 21.0. The number of nitrogens with one attached hydrogen (secondary N) is 4. The number of hydrogen-bond donors (Lipinski definition) is 4. The summed E-state index contributed by atoms with van der Waals surface area (Å²) in [5.74, 6) is -4.07. The highest BCUT2D eigenvalue weighted by atomic mass is 35.5. The molecule has 0 radical (unpaired) electrons. The Bertz CT molecular complexity index is 2560. The average Bonchev–Trinajstić information content (AvgIpc) is 3.29. The number of carbonyl (C=O) groups is 6. The molecule has 4 atom stereocenters. The zero-order chi connectivity index (χ0) is 49.7. The van der Waals surface area contributed by atoms with Crippen molar-refractivity contribution in [1.82, 2.24) is 0 Å². The number of nitrogens with zero attached hydrogens (tertiary/aromatic N) is 4. The van der Waals surface area contributed by atoms with Gasteiger partial charge in [0.05, 0.1) is 67.9 Å². The molecular formula is C48H46Cl4N8O8. The Kier molecular flexibility index (Phi) is 18.7. The van der Waals surface area contributed by atoms with Crippen LogP contribution in [-0.2, 0) is 19.2 Å². The van der Waals surface area contributed by atoms with E-state index < -0.39 is 47.3 Å². The van der Waals surface area contributed by atoms with Crippen molar-refractivity contribution in [1.29, 1.82) is 0 Å². The molecule has 0 bridgehead atoms. The third-order valence-corrected chi connectivity index (χ3v) is 10.8. The quantitative estimate of drug-likeness (QED) is 0.0333. The minimum Gasteiger partial charge on any atom is -0.492 e. The van der Waals surface area contributed by atoms with Crippen molar-refractivity contribution < 1.29 is 38.2 Å². The fourth-order valence-corrected chi connectivity index (χ4v) is 6.85. The molecule has 0 spiro atoms. The van der Waals surface area contributed by atoms with Crippen LogP contribution in [0.1, 0.15) is 84.1 Å². The minimum atomic E-state index is -1.65. The van der Waals surface area contributed by atoms with E-state index in [9.17, 15) is 28.8 Å². The van der Waals surface area contributed by atoms with Gasteiger partial charge < -0.3 is 30.7 Å². The second-order valence-corrected chi connectivity index (χ2v) is 17.0. The number of halogens is 4. The maximum Gasteiger partial charge on any atom is 0.258 e. The van der Waals surface area contributed by atoms with Crippen molar-refractivity contribution in [2.45, 2.75) is 64.4 Å².